The van der Waals surface area contributed by atoms with Gasteiger partial charge >= 0.3 is 166 Å². The summed E-state index contributed by atoms with van der Waals surface area (Å²) in [6, 6.07) is 9.73. The molecule has 3 heteroatoms. The SMILES string of the molecule is CCCCCCC1=C(c2cc(CCC)c(CCC)c(CCC)c2)[N+](=[N-])C(c2cc(CC)c(CC)c(CC)c2)=C1CCCCC.CCCCCCCCCCCCCCCCCCCCCCCCC[CH2][Ni][CH2]CCCCCCCCCCCCCCCCCCCCCCCCC. The number of hydrogen-bond acceptors (Lipinski definition) is 0. The number of rotatable bonds is 70. The first kappa shape index (κ1) is 91.1. The first-order valence-corrected chi connectivity index (χ1v) is 46.0. The number of hydrogen-bond donors (Lipinski definition) is 0. The normalized spacial score (nSPS) is 12.6. The van der Waals surface area contributed by atoms with E-state index in [0.717, 1.165) is 75.6 Å². The van der Waals surface area contributed by atoms with Crippen LogP contribution >= 0.6 is 0 Å². The Morgan fingerprint density at radius 1 is 0.227 bits per heavy atom. The Morgan fingerprint density at radius 2 is 0.454 bits per heavy atom. The number of allylic oxidation sites excluding steroid dienone is 2. The van der Waals surface area contributed by atoms with Crippen LogP contribution < -0.4 is 0 Å². The average Bonchev–Trinajstić information content (AvgIpc) is 1.61. The van der Waals surface area contributed by atoms with Crippen molar-refractivity contribution in [1.29, 1.82) is 0 Å². The summed E-state index contributed by atoms with van der Waals surface area (Å²) in [5.41, 5.74) is 28.7. The number of nitrogens with zero attached hydrogens (tertiary/aromatic N) is 2. The van der Waals surface area contributed by atoms with Gasteiger partial charge in [-0.3, -0.25) is 0 Å². The topological polar surface area (TPSA) is 25.3 Å². The molecule has 0 saturated heterocycles. The molecule has 0 atom stereocenters. The van der Waals surface area contributed by atoms with Gasteiger partial charge in [-0.1, -0.05) is 288 Å². The van der Waals surface area contributed by atoms with E-state index in [-0.39, 0.29) is 0 Å². The molecule has 1 aliphatic heterocycles. The average molecular weight is 1390 g/mol. The Morgan fingerprint density at radius 3 is 0.701 bits per heavy atom. The molecule has 1 aliphatic rings. The van der Waals surface area contributed by atoms with E-state index in [0.29, 0.717) is 0 Å². The Kier molecular flexibility index (Phi) is 63.1. The number of benzene rings is 2. The van der Waals surface area contributed by atoms with E-state index >= 15 is 0 Å². The van der Waals surface area contributed by atoms with Gasteiger partial charge in [-0.15, -0.1) is 0 Å². The van der Waals surface area contributed by atoms with Crippen LogP contribution in [0.15, 0.2) is 35.4 Å². The summed E-state index contributed by atoms with van der Waals surface area (Å²) >= 11 is 2.05. The third-order valence-electron chi connectivity index (χ3n) is 21.9. The fourth-order valence-electron chi connectivity index (χ4n) is 15.9. The maximum atomic E-state index is 12.4. The molecule has 0 radical (unpaired) electrons. The molecule has 2 aromatic rings. The fourth-order valence-corrected chi connectivity index (χ4v) is 17.1. The van der Waals surface area contributed by atoms with Crippen molar-refractivity contribution >= 4 is 11.4 Å². The summed E-state index contributed by atoms with van der Waals surface area (Å²) < 4.78 is 1.65. The van der Waals surface area contributed by atoms with Crippen molar-refractivity contribution in [2.45, 2.75) is 504 Å². The third-order valence-corrected chi connectivity index (χ3v) is 23.3. The summed E-state index contributed by atoms with van der Waals surface area (Å²) in [4.78, 5) is 0. The van der Waals surface area contributed by atoms with E-state index < -0.39 is 0 Å². The van der Waals surface area contributed by atoms with E-state index in [1.807, 2.05) is 0 Å². The van der Waals surface area contributed by atoms with Crippen LogP contribution in [0.3, 0.4) is 0 Å². The van der Waals surface area contributed by atoms with Crippen LogP contribution in [0.2, 0.25) is 10.8 Å². The summed E-state index contributed by atoms with van der Waals surface area (Å²) in [7, 11) is 0. The summed E-state index contributed by atoms with van der Waals surface area (Å²) in [5, 5.41) is 2.87. The van der Waals surface area contributed by atoms with Gasteiger partial charge < -0.3 is 5.53 Å². The minimum Gasteiger partial charge on any atom is -0.0654 e. The molecule has 0 amide bonds. The summed E-state index contributed by atoms with van der Waals surface area (Å²) in [6.07, 6.45) is 91.7. The molecule has 0 saturated carbocycles. The monoisotopic (exact) mass is 1390 g/mol. The second-order valence-corrected chi connectivity index (χ2v) is 32.3. The van der Waals surface area contributed by atoms with Crippen LogP contribution in [-0.2, 0) is 53.0 Å². The van der Waals surface area contributed by atoms with E-state index in [4.69, 9.17) is 0 Å². The van der Waals surface area contributed by atoms with Gasteiger partial charge in [0, 0.05) is 22.3 Å². The molecule has 3 rings (SSSR count). The molecule has 0 N–H and O–H groups in total. The van der Waals surface area contributed by atoms with Crippen LogP contribution in [0.4, 0.5) is 0 Å². The van der Waals surface area contributed by atoms with Crippen molar-refractivity contribution in [2.24, 2.45) is 0 Å². The van der Waals surface area contributed by atoms with Gasteiger partial charge in [0.25, 0.3) is 0 Å². The van der Waals surface area contributed by atoms with Gasteiger partial charge in [0.2, 0.25) is 11.4 Å². The fraction of sp³-hybridized carbons (Fsp3) is 0.830. The molecule has 0 fully saturated rings. The Bertz CT molecular complexity index is 2070. The third kappa shape index (κ3) is 44.3. The molecule has 0 aromatic heterocycles. The smallest absolute Gasteiger partial charge is 0.0654 e. The van der Waals surface area contributed by atoms with Crippen molar-refractivity contribution in [3.8, 4) is 0 Å². The van der Waals surface area contributed by atoms with Gasteiger partial charge in [0.1, 0.15) is 0 Å². The van der Waals surface area contributed by atoms with Crippen molar-refractivity contribution < 1.29 is 19.1 Å². The van der Waals surface area contributed by atoms with Gasteiger partial charge in [-0.2, -0.15) is 0 Å². The predicted octanol–water partition coefficient (Wildman–Crippen LogP) is 33.6. The van der Waals surface area contributed by atoms with Gasteiger partial charge in [-0.25, -0.2) is 4.70 Å². The van der Waals surface area contributed by atoms with E-state index in [2.05, 4.69) is 108 Å². The van der Waals surface area contributed by atoms with Crippen molar-refractivity contribution in [1.82, 2.24) is 0 Å². The zero-order valence-corrected chi connectivity index (χ0v) is 68.6. The first-order valence-electron chi connectivity index (χ1n) is 44.6. The van der Waals surface area contributed by atoms with E-state index in [9.17, 15) is 5.53 Å². The quantitative estimate of drug-likeness (QED) is 0.0358. The molecule has 0 unspecified atom stereocenters. The molecule has 2 aromatic carbocycles. The maximum absolute atomic E-state index is 12.4. The molecule has 566 valence electrons. The minimum absolute atomic E-state index is 1.03. The molecule has 97 heavy (non-hydrogen) atoms. The molecule has 0 spiro atoms. The second-order valence-electron chi connectivity index (χ2n) is 30.8. The second kappa shape index (κ2) is 67.2. The first-order chi connectivity index (χ1) is 47.8. The van der Waals surface area contributed by atoms with Crippen LogP contribution in [0.1, 0.15) is 499 Å². The zero-order chi connectivity index (χ0) is 70.1. The standard InChI is InChI=1S/C42H64N2.2C26H53.Ni/c1-9-17-19-21-26-40-39(25-20-18-10-2)41(35-27-31(14-6)37(16-8)32(15-7)28-35)44(43)42(40)36-29-33(22-11-3)38(24-13-5)34(30-36)23-12-4;2*1-3-5-7-9-11-13-15-17-19-21-23-25-26-24-22-20-18-16-14-12-10-8-6-4-2;/h27-30H,9-26H2,1-8H3;2*1,3-26H2,2H3;. The Hall–Kier alpha value is -1.99. The Labute approximate surface area is 615 Å². The summed E-state index contributed by atoms with van der Waals surface area (Å²) in [5.74, 6) is 0. The molecule has 1 heterocycles. The van der Waals surface area contributed by atoms with Crippen LogP contribution in [0.25, 0.3) is 16.9 Å². The van der Waals surface area contributed by atoms with E-state index in [1.165, 1.54) is 420 Å². The van der Waals surface area contributed by atoms with Gasteiger partial charge in [0.15, 0.2) is 0 Å². The molecule has 0 aliphatic carbocycles. The number of aryl methyl sites for hydroxylation is 4. The molecule has 2 nitrogen and oxygen atoms in total. The van der Waals surface area contributed by atoms with Gasteiger partial charge in [0.05, 0.1) is 0 Å². The van der Waals surface area contributed by atoms with Crippen molar-refractivity contribution in [3.63, 3.8) is 0 Å². The molecule has 0 bridgehead atoms. The van der Waals surface area contributed by atoms with E-state index in [1.54, 1.807) is 10.3 Å². The minimum atomic E-state index is 1.03. The van der Waals surface area contributed by atoms with Gasteiger partial charge in [-0.05, 0) is 122 Å². The molecular formula is C94H170N2Ni. The Balaban J connectivity index is 0.000000670. The van der Waals surface area contributed by atoms with Crippen molar-refractivity contribution in [3.05, 3.63) is 85.5 Å². The van der Waals surface area contributed by atoms with Crippen LogP contribution in [0.5, 0.6) is 0 Å². The zero-order valence-electron chi connectivity index (χ0n) is 67.6. The predicted molar refractivity (Wildman–Crippen MR) is 436 cm³/mol. The number of unbranched alkanes of at least 4 members (excludes halogenated alkanes) is 51. The van der Waals surface area contributed by atoms with Crippen LogP contribution in [0, 0.1) is 0 Å². The molecular weight excluding hydrogens is 1220 g/mol. The summed E-state index contributed by atoms with van der Waals surface area (Å²) in [6.45, 7) is 23.0. The van der Waals surface area contributed by atoms with Crippen LogP contribution in [-0.4, -0.2) is 4.70 Å². The van der Waals surface area contributed by atoms with Crippen molar-refractivity contribution in [2.75, 3.05) is 0 Å².